The van der Waals surface area contributed by atoms with Gasteiger partial charge in [0.05, 0.1) is 12.8 Å². The molecule has 2 aromatic rings. The largest absolute Gasteiger partial charge is 0.495 e. The second kappa shape index (κ2) is 11.2. The number of carbonyl (C=O) groups excluding carboxylic acids is 2. The zero-order valence-corrected chi connectivity index (χ0v) is 21.6. The summed E-state index contributed by atoms with van der Waals surface area (Å²) in [4.78, 5) is 36.9. The first-order valence-corrected chi connectivity index (χ1v) is 13.1. The number of fused-ring (bicyclic) bond motifs is 1. The highest BCUT2D eigenvalue weighted by atomic mass is 16.5. The average Bonchev–Trinajstić information content (AvgIpc) is 3.07. The molecule has 5 rings (SSSR count). The minimum atomic E-state index is -1.32. The van der Waals surface area contributed by atoms with Crippen molar-refractivity contribution in [3.63, 3.8) is 0 Å². The van der Waals surface area contributed by atoms with Crippen LogP contribution in [0.1, 0.15) is 61.1 Å². The van der Waals surface area contributed by atoms with Gasteiger partial charge < -0.3 is 25.4 Å². The molecule has 2 heterocycles. The standard InChI is InChI=1S/C29H33N5O4/c1-18-15-25(35)31-23-17-30-29(33-28(23)34(18)21-11-7-4-8-12-21)32-22-14-13-20(16-24(22)38-2)27(37)26(36)19-9-5-3-6-10-19/h3,5-6,9-10,13-17,21,23,27-28,37H,4,7-8,11-12H2,1-2H3,(H,31,35)(H,32,33). The van der Waals surface area contributed by atoms with Crippen LogP contribution in [-0.4, -0.2) is 59.2 Å². The number of nitrogens with zero attached hydrogens (tertiary/aromatic N) is 3. The zero-order chi connectivity index (χ0) is 26.6. The van der Waals surface area contributed by atoms with E-state index in [-0.39, 0.29) is 23.9 Å². The number of anilines is 1. The normalized spacial score (nSPS) is 22.4. The Bertz CT molecular complexity index is 1280. The lowest BCUT2D eigenvalue weighted by molar-refractivity contribution is -0.116. The third-order valence-electron chi connectivity index (χ3n) is 7.34. The molecule has 38 heavy (non-hydrogen) atoms. The number of aliphatic imine (C=N–C) groups is 2. The maximum Gasteiger partial charge on any atom is 0.246 e. The minimum Gasteiger partial charge on any atom is -0.495 e. The Morgan fingerprint density at radius 1 is 1.16 bits per heavy atom. The van der Waals surface area contributed by atoms with Crippen LogP contribution in [0.4, 0.5) is 5.69 Å². The Labute approximate surface area is 222 Å². The van der Waals surface area contributed by atoms with Gasteiger partial charge in [-0.1, -0.05) is 55.7 Å². The first-order valence-electron chi connectivity index (χ1n) is 13.1. The van der Waals surface area contributed by atoms with Gasteiger partial charge in [0.2, 0.25) is 11.9 Å². The molecule has 3 aliphatic rings. The van der Waals surface area contributed by atoms with Gasteiger partial charge in [-0.2, -0.15) is 0 Å². The highest BCUT2D eigenvalue weighted by Gasteiger charge is 2.37. The number of rotatable bonds is 6. The fourth-order valence-electron chi connectivity index (χ4n) is 5.43. The maximum atomic E-state index is 12.7. The van der Waals surface area contributed by atoms with Gasteiger partial charge >= 0.3 is 0 Å². The molecule has 9 heteroatoms. The van der Waals surface area contributed by atoms with Crippen molar-refractivity contribution in [3.8, 4) is 5.75 Å². The summed E-state index contributed by atoms with van der Waals surface area (Å²) in [5.74, 6) is 0.303. The molecule has 1 aliphatic carbocycles. The summed E-state index contributed by atoms with van der Waals surface area (Å²) < 4.78 is 5.57. The maximum absolute atomic E-state index is 12.7. The second-order valence-corrected chi connectivity index (χ2v) is 9.88. The van der Waals surface area contributed by atoms with Gasteiger partial charge in [-0.05, 0) is 37.5 Å². The molecule has 3 N–H and O–H groups in total. The van der Waals surface area contributed by atoms with Crippen LogP contribution >= 0.6 is 0 Å². The third kappa shape index (κ3) is 5.33. The van der Waals surface area contributed by atoms with Gasteiger partial charge in [-0.3, -0.25) is 9.59 Å². The molecule has 1 fully saturated rings. The monoisotopic (exact) mass is 515 g/mol. The summed E-state index contributed by atoms with van der Waals surface area (Å²) in [5, 5.41) is 16.9. The number of aliphatic hydroxyl groups excluding tert-OH is 1. The number of benzene rings is 2. The van der Waals surface area contributed by atoms with Crippen LogP contribution in [0.5, 0.6) is 5.75 Å². The summed E-state index contributed by atoms with van der Waals surface area (Å²) in [6.07, 6.45) is 7.43. The third-order valence-corrected chi connectivity index (χ3v) is 7.34. The Kier molecular flexibility index (Phi) is 7.55. The van der Waals surface area contributed by atoms with Crippen molar-refractivity contribution in [2.75, 3.05) is 12.4 Å². The first kappa shape index (κ1) is 25.7. The number of carbonyl (C=O) groups is 2. The van der Waals surface area contributed by atoms with Gasteiger partial charge in [0.1, 0.15) is 17.9 Å². The van der Waals surface area contributed by atoms with Gasteiger partial charge in [-0.15, -0.1) is 0 Å². The zero-order valence-electron chi connectivity index (χ0n) is 21.6. The molecule has 0 radical (unpaired) electrons. The van der Waals surface area contributed by atoms with Gasteiger partial charge in [0.25, 0.3) is 0 Å². The SMILES string of the molecule is COc1cc(C(O)C(=O)c2ccccc2)ccc1NC1=NC2C(C=N1)NC(=O)C=C(C)N2C1CCCCC1. The highest BCUT2D eigenvalue weighted by molar-refractivity contribution is 6.03. The fraction of sp³-hybridized carbons (Fsp3) is 0.379. The number of ether oxygens (including phenoxy) is 1. The molecule has 9 nitrogen and oxygen atoms in total. The van der Waals surface area contributed by atoms with E-state index in [9.17, 15) is 14.7 Å². The lowest BCUT2D eigenvalue weighted by Gasteiger charge is -2.42. The smallest absolute Gasteiger partial charge is 0.246 e. The number of amides is 1. The van der Waals surface area contributed by atoms with Crippen LogP contribution in [0, 0.1) is 0 Å². The second-order valence-electron chi connectivity index (χ2n) is 9.88. The van der Waals surface area contributed by atoms with E-state index >= 15 is 0 Å². The van der Waals surface area contributed by atoms with Crippen molar-refractivity contribution >= 4 is 29.6 Å². The van der Waals surface area contributed by atoms with Crippen molar-refractivity contribution < 1.29 is 19.4 Å². The number of ketones is 1. The number of aliphatic hydroxyl groups is 1. The number of hydrogen-bond donors (Lipinski definition) is 3. The molecule has 3 atom stereocenters. The van der Waals surface area contributed by atoms with Gasteiger partial charge in [0, 0.05) is 29.6 Å². The predicted molar refractivity (Wildman–Crippen MR) is 146 cm³/mol. The van der Waals surface area contributed by atoms with E-state index in [1.54, 1.807) is 54.8 Å². The van der Waals surface area contributed by atoms with E-state index in [0.717, 1.165) is 31.4 Å². The van der Waals surface area contributed by atoms with E-state index in [2.05, 4.69) is 20.5 Å². The van der Waals surface area contributed by atoms with E-state index in [1.807, 2.05) is 13.0 Å². The topological polar surface area (TPSA) is 116 Å². The molecule has 0 aromatic heterocycles. The van der Waals surface area contributed by atoms with Crippen LogP contribution in [0.3, 0.4) is 0 Å². The van der Waals surface area contributed by atoms with Crippen molar-refractivity contribution in [3.05, 3.63) is 71.4 Å². The number of Topliss-reactive ketones (excluding diaryl/α,β-unsaturated/α-hetero) is 1. The van der Waals surface area contributed by atoms with Crippen molar-refractivity contribution in [2.45, 2.75) is 63.4 Å². The lowest BCUT2D eigenvalue weighted by Crippen LogP contribution is -2.54. The number of nitrogens with one attached hydrogen (secondary N) is 2. The quantitative estimate of drug-likeness (QED) is 0.504. The molecule has 2 aromatic carbocycles. The lowest BCUT2D eigenvalue weighted by atomic mass is 9.93. The Morgan fingerprint density at radius 2 is 1.92 bits per heavy atom. The van der Waals surface area contributed by atoms with Crippen LogP contribution in [-0.2, 0) is 4.79 Å². The molecular formula is C29H33N5O4. The number of guanidine groups is 1. The average molecular weight is 516 g/mol. The van der Waals surface area contributed by atoms with Gasteiger partial charge in [-0.25, -0.2) is 9.98 Å². The molecule has 2 aliphatic heterocycles. The molecule has 3 unspecified atom stereocenters. The fourth-order valence-corrected chi connectivity index (χ4v) is 5.43. The summed E-state index contributed by atoms with van der Waals surface area (Å²) in [6.45, 7) is 1.97. The van der Waals surface area contributed by atoms with E-state index in [4.69, 9.17) is 9.73 Å². The Hall–Kier alpha value is -3.98. The number of allylic oxidation sites excluding steroid dienone is 1. The van der Waals surface area contributed by atoms with Crippen molar-refractivity contribution in [1.29, 1.82) is 0 Å². The van der Waals surface area contributed by atoms with Crippen molar-refractivity contribution in [2.24, 2.45) is 9.98 Å². The van der Waals surface area contributed by atoms with E-state index in [0.29, 0.717) is 34.6 Å². The molecule has 1 saturated carbocycles. The first-order chi connectivity index (χ1) is 18.4. The van der Waals surface area contributed by atoms with E-state index < -0.39 is 6.10 Å². The molecule has 0 spiro atoms. The van der Waals surface area contributed by atoms with Crippen LogP contribution in [0.2, 0.25) is 0 Å². The van der Waals surface area contributed by atoms with Crippen LogP contribution in [0.15, 0.2) is 70.3 Å². The minimum absolute atomic E-state index is 0.144. The Balaban J connectivity index is 1.39. The van der Waals surface area contributed by atoms with Crippen LogP contribution < -0.4 is 15.4 Å². The van der Waals surface area contributed by atoms with Crippen LogP contribution in [0.25, 0.3) is 0 Å². The highest BCUT2D eigenvalue weighted by Crippen LogP contribution is 2.32. The molecule has 0 saturated heterocycles. The number of hydrogen-bond acceptors (Lipinski definition) is 8. The summed E-state index contributed by atoms with van der Waals surface area (Å²) in [5.41, 5.74) is 2.36. The predicted octanol–water partition coefficient (Wildman–Crippen LogP) is 3.83. The summed E-state index contributed by atoms with van der Waals surface area (Å²) in [7, 11) is 1.53. The Morgan fingerprint density at radius 3 is 2.66 bits per heavy atom. The molecule has 1 amide bonds. The van der Waals surface area contributed by atoms with Gasteiger partial charge in [0.15, 0.2) is 11.9 Å². The molecule has 0 bridgehead atoms. The number of methoxy groups -OCH3 is 1. The van der Waals surface area contributed by atoms with Crippen molar-refractivity contribution in [1.82, 2.24) is 10.2 Å². The summed E-state index contributed by atoms with van der Waals surface area (Å²) >= 11 is 0. The van der Waals surface area contributed by atoms with E-state index in [1.165, 1.54) is 13.5 Å². The molecular weight excluding hydrogens is 482 g/mol. The molecule has 198 valence electrons. The summed E-state index contributed by atoms with van der Waals surface area (Å²) in [6, 6.07) is 13.7.